The van der Waals surface area contributed by atoms with Gasteiger partial charge < -0.3 is 14.3 Å². The maximum atomic E-state index is 10.2. The highest BCUT2D eigenvalue weighted by molar-refractivity contribution is 7.99. The molecule has 0 saturated heterocycles. The first-order chi connectivity index (χ1) is 13.3. The molecule has 0 aliphatic carbocycles. The number of aliphatic hydroxyl groups excluding tert-OH is 1. The maximum absolute atomic E-state index is 10.2. The van der Waals surface area contributed by atoms with Crippen molar-refractivity contribution in [2.75, 3.05) is 12.4 Å². The Morgan fingerprint density at radius 1 is 1.04 bits per heavy atom. The number of thioether (sulfide) groups is 1. The zero-order valence-corrected chi connectivity index (χ0v) is 15.2. The van der Waals surface area contributed by atoms with E-state index in [-0.39, 0.29) is 6.61 Å². The molecule has 0 aliphatic rings. The molecule has 2 aromatic heterocycles. The number of pyridine rings is 1. The van der Waals surface area contributed by atoms with Gasteiger partial charge in [0.1, 0.15) is 12.4 Å². The molecule has 4 aromatic rings. The smallest absolute Gasteiger partial charge is 0.276 e. The minimum atomic E-state index is -0.657. The van der Waals surface area contributed by atoms with Gasteiger partial charge in [0, 0.05) is 18.1 Å². The molecule has 0 fully saturated rings. The number of aromatic nitrogens is 3. The Hall–Kier alpha value is -2.90. The second-order valence-electron chi connectivity index (χ2n) is 5.90. The van der Waals surface area contributed by atoms with Crippen molar-refractivity contribution in [2.45, 2.75) is 11.3 Å². The van der Waals surface area contributed by atoms with E-state index in [0.717, 1.165) is 22.1 Å². The maximum Gasteiger partial charge on any atom is 0.276 e. The Bertz CT molecular complexity index is 1020. The topological polar surface area (TPSA) is 81.3 Å². The lowest BCUT2D eigenvalue weighted by Gasteiger charge is -2.11. The van der Waals surface area contributed by atoms with Crippen LogP contribution in [0.5, 0.6) is 5.75 Å². The highest BCUT2D eigenvalue weighted by atomic mass is 32.2. The summed E-state index contributed by atoms with van der Waals surface area (Å²) in [7, 11) is 0. The summed E-state index contributed by atoms with van der Waals surface area (Å²) in [4.78, 5) is 4.03. The molecule has 7 heteroatoms. The molecule has 0 bridgehead atoms. The van der Waals surface area contributed by atoms with Crippen LogP contribution in [0.25, 0.3) is 22.2 Å². The van der Waals surface area contributed by atoms with Crippen LogP contribution in [0.1, 0.15) is 0 Å². The Morgan fingerprint density at radius 2 is 1.93 bits per heavy atom. The Labute approximate surface area is 160 Å². The van der Waals surface area contributed by atoms with Gasteiger partial charge in [-0.25, -0.2) is 0 Å². The third kappa shape index (κ3) is 4.45. The summed E-state index contributed by atoms with van der Waals surface area (Å²) in [6, 6.07) is 17.6. The molecule has 6 nitrogen and oxygen atoms in total. The predicted molar refractivity (Wildman–Crippen MR) is 104 cm³/mol. The number of benzene rings is 2. The summed E-state index contributed by atoms with van der Waals surface area (Å²) in [6.45, 7) is 0.189. The van der Waals surface area contributed by atoms with Crippen molar-refractivity contribution in [1.29, 1.82) is 0 Å². The van der Waals surface area contributed by atoms with Crippen molar-refractivity contribution in [3.8, 4) is 17.2 Å². The summed E-state index contributed by atoms with van der Waals surface area (Å²) < 4.78 is 11.3. The van der Waals surface area contributed by atoms with Gasteiger partial charge in [0.25, 0.3) is 5.22 Å². The van der Waals surface area contributed by atoms with E-state index in [1.54, 1.807) is 18.5 Å². The van der Waals surface area contributed by atoms with E-state index < -0.39 is 6.10 Å². The van der Waals surface area contributed by atoms with Gasteiger partial charge in [0.15, 0.2) is 0 Å². The van der Waals surface area contributed by atoms with Gasteiger partial charge in [-0.3, -0.25) is 4.98 Å². The molecule has 0 spiro atoms. The van der Waals surface area contributed by atoms with Gasteiger partial charge in [0.05, 0.1) is 11.7 Å². The van der Waals surface area contributed by atoms with Crippen molar-refractivity contribution in [2.24, 2.45) is 0 Å². The van der Waals surface area contributed by atoms with Gasteiger partial charge in [-0.1, -0.05) is 42.1 Å². The number of hydrogen-bond donors (Lipinski definition) is 1. The lowest BCUT2D eigenvalue weighted by atomic mass is 10.1. The molecule has 27 heavy (non-hydrogen) atoms. The lowest BCUT2D eigenvalue weighted by molar-refractivity contribution is 0.126. The third-order valence-electron chi connectivity index (χ3n) is 3.88. The molecular weight excluding hydrogens is 362 g/mol. The molecule has 4 rings (SSSR count). The van der Waals surface area contributed by atoms with Crippen LogP contribution in [0.4, 0.5) is 0 Å². The zero-order chi connectivity index (χ0) is 18.5. The SMILES string of the molecule is OC(COc1ccc2ccccc2c1)CSc1nnc(-c2cccnc2)o1. The zero-order valence-electron chi connectivity index (χ0n) is 14.4. The van der Waals surface area contributed by atoms with Crippen LogP contribution >= 0.6 is 11.8 Å². The fourth-order valence-electron chi connectivity index (χ4n) is 2.54. The molecule has 2 aromatic carbocycles. The minimum absolute atomic E-state index is 0.189. The highest BCUT2D eigenvalue weighted by Gasteiger charge is 2.12. The van der Waals surface area contributed by atoms with Crippen LogP contribution in [-0.2, 0) is 0 Å². The molecule has 1 atom stereocenters. The van der Waals surface area contributed by atoms with Crippen LogP contribution < -0.4 is 4.74 Å². The Morgan fingerprint density at radius 3 is 2.78 bits per heavy atom. The van der Waals surface area contributed by atoms with Gasteiger partial charge in [-0.05, 0) is 35.0 Å². The molecule has 0 saturated carbocycles. The van der Waals surface area contributed by atoms with Crippen LogP contribution in [0.15, 0.2) is 76.6 Å². The summed E-state index contributed by atoms with van der Waals surface area (Å²) >= 11 is 1.29. The monoisotopic (exact) mass is 379 g/mol. The van der Waals surface area contributed by atoms with Crippen LogP contribution in [0.2, 0.25) is 0 Å². The summed E-state index contributed by atoms with van der Waals surface area (Å²) in [5.41, 5.74) is 0.761. The van der Waals surface area contributed by atoms with E-state index in [2.05, 4.69) is 21.2 Å². The number of ether oxygens (including phenoxy) is 1. The van der Waals surface area contributed by atoms with Gasteiger partial charge in [0.2, 0.25) is 5.89 Å². The van der Waals surface area contributed by atoms with E-state index in [1.807, 2.05) is 42.5 Å². The van der Waals surface area contributed by atoms with Gasteiger partial charge >= 0.3 is 0 Å². The van der Waals surface area contributed by atoms with Crippen LogP contribution in [-0.4, -0.2) is 38.8 Å². The first-order valence-electron chi connectivity index (χ1n) is 8.44. The second kappa shape index (κ2) is 8.20. The largest absolute Gasteiger partial charge is 0.491 e. The van der Waals surface area contributed by atoms with Crippen LogP contribution in [0.3, 0.4) is 0 Å². The summed E-state index contributed by atoms with van der Waals surface area (Å²) in [5.74, 6) is 1.53. The fraction of sp³-hybridized carbons (Fsp3) is 0.150. The van der Waals surface area contributed by atoms with E-state index in [4.69, 9.17) is 9.15 Å². The number of aliphatic hydroxyl groups is 1. The van der Waals surface area contributed by atoms with E-state index >= 15 is 0 Å². The molecule has 0 radical (unpaired) electrons. The number of hydrogen-bond acceptors (Lipinski definition) is 7. The van der Waals surface area contributed by atoms with Crippen molar-refractivity contribution >= 4 is 22.5 Å². The van der Waals surface area contributed by atoms with E-state index in [0.29, 0.717) is 16.9 Å². The summed E-state index contributed by atoms with van der Waals surface area (Å²) in [6.07, 6.45) is 2.69. The normalized spacial score (nSPS) is 12.2. The standard InChI is InChI=1S/C20H17N3O3S/c24-17(12-25-18-8-7-14-4-1-2-5-15(14)10-18)13-27-20-23-22-19(26-20)16-6-3-9-21-11-16/h1-11,17,24H,12-13H2. The molecule has 2 heterocycles. The third-order valence-corrected chi connectivity index (χ3v) is 4.84. The number of rotatable bonds is 7. The Kier molecular flexibility index (Phi) is 5.32. The lowest BCUT2D eigenvalue weighted by Crippen LogP contribution is -2.20. The number of fused-ring (bicyclic) bond motifs is 1. The summed E-state index contributed by atoms with van der Waals surface area (Å²) in [5, 5.41) is 20.8. The predicted octanol–water partition coefficient (Wildman–Crippen LogP) is 3.82. The molecule has 1 unspecified atom stereocenters. The number of nitrogens with zero attached hydrogens (tertiary/aromatic N) is 3. The van der Waals surface area contributed by atoms with Crippen LogP contribution in [0, 0.1) is 0 Å². The first kappa shape index (κ1) is 17.5. The average Bonchev–Trinajstić information content (AvgIpc) is 3.20. The molecule has 0 amide bonds. The van der Waals surface area contributed by atoms with E-state index in [9.17, 15) is 5.11 Å². The van der Waals surface area contributed by atoms with Crippen molar-refractivity contribution in [3.05, 3.63) is 67.0 Å². The van der Waals surface area contributed by atoms with Crippen molar-refractivity contribution < 1.29 is 14.3 Å². The minimum Gasteiger partial charge on any atom is -0.491 e. The molecule has 0 aliphatic heterocycles. The average molecular weight is 379 g/mol. The van der Waals surface area contributed by atoms with Gasteiger partial charge in [-0.2, -0.15) is 0 Å². The molecule has 1 N–H and O–H groups in total. The first-order valence-corrected chi connectivity index (χ1v) is 9.43. The molecular formula is C20H17N3O3S. The van der Waals surface area contributed by atoms with Crippen molar-refractivity contribution in [3.63, 3.8) is 0 Å². The Balaban J connectivity index is 1.29. The van der Waals surface area contributed by atoms with Crippen molar-refractivity contribution in [1.82, 2.24) is 15.2 Å². The molecule has 136 valence electrons. The second-order valence-corrected chi connectivity index (χ2v) is 6.87. The van der Waals surface area contributed by atoms with Gasteiger partial charge in [-0.15, -0.1) is 10.2 Å². The quantitative estimate of drug-likeness (QED) is 0.489. The van der Waals surface area contributed by atoms with E-state index in [1.165, 1.54) is 11.8 Å². The fourth-order valence-corrected chi connectivity index (χ4v) is 3.21. The highest BCUT2D eigenvalue weighted by Crippen LogP contribution is 2.24.